The van der Waals surface area contributed by atoms with Crippen molar-refractivity contribution in [3.05, 3.63) is 51.9 Å². The maximum absolute atomic E-state index is 11.9. The van der Waals surface area contributed by atoms with Gasteiger partial charge in [0, 0.05) is 26.9 Å². The topological polar surface area (TPSA) is 90.7 Å². The number of hydrogen-bond acceptors (Lipinski definition) is 4. The average Bonchev–Trinajstić information content (AvgIpc) is 2.80. The number of nitrogens with one attached hydrogen (secondary N) is 1. The maximum atomic E-state index is 11.9. The Hall–Kier alpha value is -2.29. The molecule has 104 valence electrons. The fourth-order valence-corrected chi connectivity index (χ4v) is 2.38. The number of hydrogen-bond donors (Lipinski definition) is 2. The summed E-state index contributed by atoms with van der Waals surface area (Å²) in [6, 6.07) is 8.71. The smallest absolute Gasteiger partial charge is 0.295 e. The van der Waals surface area contributed by atoms with Crippen LogP contribution >= 0.6 is 22.6 Å². The zero-order chi connectivity index (χ0) is 14.8. The highest BCUT2D eigenvalue weighted by Gasteiger charge is 2.11. The van der Waals surface area contributed by atoms with E-state index in [1.54, 1.807) is 12.1 Å². The van der Waals surface area contributed by atoms with Gasteiger partial charge in [-0.1, -0.05) is 0 Å². The molecule has 0 aliphatic heterocycles. The fourth-order valence-electron chi connectivity index (χ4n) is 1.88. The average molecular weight is 392 g/mol. The van der Waals surface area contributed by atoms with Gasteiger partial charge in [0.25, 0.3) is 5.91 Å². The quantitative estimate of drug-likeness (QED) is 0.514. The Morgan fingerprint density at radius 2 is 2.00 bits per heavy atom. The number of amides is 1. The van der Waals surface area contributed by atoms with Crippen molar-refractivity contribution in [2.24, 2.45) is 10.2 Å². The second-order valence-corrected chi connectivity index (χ2v) is 5.50. The zero-order valence-corrected chi connectivity index (χ0v) is 12.8. The lowest BCUT2D eigenvalue weighted by Gasteiger charge is -1.94. The van der Waals surface area contributed by atoms with E-state index in [-0.39, 0.29) is 11.6 Å². The van der Waals surface area contributed by atoms with Crippen LogP contribution in [0.4, 0.5) is 5.69 Å². The number of aromatic hydroxyl groups is 1. The molecule has 0 aliphatic rings. The van der Waals surface area contributed by atoms with Crippen molar-refractivity contribution in [3.63, 3.8) is 0 Å². The molecule has 0 saturated carbocycles. The molecule has 3 rings (SSSR count). The van der Waals surface area contributed by atoms with Crippen LogP contribution in [0, 0.1) is 3.57 Å². The summed E-state index contributed by atoms with van der Waals surface area (Å²) < 4.78 is 0.996. The van der Waals surface area contributed by atoms with Crippen molar-refractivity contribution in [1.29, 1.82) is 0 Å². The number of aromatic nitrogens is 2. The van der Waals surface area contributed by atoms with Gasteiger partial charge in [0.1, 0.15) is 0 Å². The SMILES string of the molecule is O=C(N=Nc1c(O)[nH]c2ccc(I)cc12)c1ccncc1. The number of pyridine rings is 1. The van der Waals surface area contributed by atoms with Crippen molar-refractivity contribution in [2.45, 2.75) is 0 Å². The number of carbonyl (C=O) groups excluding carboxylic acids is 1. The van der Waals surface area contributed by atoms with Gasteiger partial charge in [-0.25, -0.2) is 0 Å². The van der Waals surface area contributed by atoms with E-state index in [1.165, 1.54) is 12.4 Å². The molecule has 0 saturated heterocycles. The predicted octanol–water partition coefficient (Wildman–Crippen LogP) is 3.80. The summed E-state index contributed by atoms with van der Waals surface area (Å²) in [5, 5.41) is 18.1. The highest BCUT2D eigenvalue weighted by atomic mass is 127. The van der Waals surface area contributed by atoms with Crippen molar-refractivity contribution >= 4 is 45.1 Å². The molecule has 6 nitrogen and oxygen atoms in total. The van der Waals surface area contributed by atoms with E-state index in [2.05, 4.69) is 42.8 Å². The summed E-state index contributed by atoms with van der Waals surface area (Å²) in [6.07, 6.45) is 3.02. The number of fused-ring (bicyclic) bond motifs is 1. The third kappa shape index (κ3) is 2.77. The van der Waals surface area contributed by atoms with Gasteiger partial charge in [-0.05, 0) is 52.9 Å². The number of azo groups is 1. The van der Waals surface area contributed by atoms with Crippen LogP contribution in [0.5, 0.6) is 5.88 Å². The molecule has 0 spiro atoms. The Balaban J connectivity index is 1.98. The molecular weight excluding hydrogens is 383 g/mol. The van der Waals surface area contributed by atoms with Crippen LogP contribution in [-0.4, -0.2) is 21.0 Å². The van der Waals surface area contributed by atoms with E-state index in [1.807, 2.05) is 18.2 Å². The molecule has 3 aromatic rings. The minimum Gasteiger partial charge on any atom is -0.493 e. The van der Waals surface area contributed by atoms with Gasteiger partial charge in [-0.2, -0.15) is 0 Å². The molecular formula is C14H9IN4O2. The van der Waals surface area contributed by atoms with E-state index in [4.69, 9.17) is 0 Å². The highest BCUT2D eigenvalue weighted by molar-refractivity contribution is 14.1. The Labute approximate surface area is 133 Å². The summed E-state index contributed by atoms with van der Waals surface area (Å²) >= 11 is 2.16. The zero-order valence-electron chi connectivity index (χ0n) is 10.6. The molecule has 1 aromatic carbocycles. The van der Waals surface area contributed by atoms with E-state index < -0.39 is 5.91 Å². The molecule has 2 aromatic heterocycles. The number of benzene rings is 1. The second kappa shape index (κ2) is 5.60. The van der Waals surface area contributed by atoms with Crippen molar-refractivity contribution < 1.29 is 9.90 Å². The number of aromatic amines is 1. The van der Waals surface area contributed by atoms with Crippen LogP contribution in [0.25, 0.3) is 10.9 Å². The van der Waals surface area contributed by atoms with Crippen molar-refractivity contribution in [3.8, 4) is 5.88 Å². The van der Waals surface area contributed by atoms with Crippen LogP contribution in [0.15, 0.2) is 53.0 Å². The van der Waals surface area contributed by atoms with Crippen LogP contribution in [-0.2, 0) is 0 Å². The van der Waals surface area contributed by atoms with Gasteiger partial charge in [0.05, 0.1) is 5.52 Å². The van der Waals surface area contributed by atoms with E-state index >= 15 is 0 Å². The first-order valence-electron chi connectivity index (χ1n) is 6.01. The van der Waals surface area contributed by atoms with Gasteiger partial charge in [-0.3, -0.25) is 9.78 Å². The molecule has 0 bridgehead atoms. The lowest BCUT2D eigenvalue weighted by atomic mass is 10.2. The first-order valence-corrected chi connectivity index (χ1v) is 7.09. The molecule has 0 fully saturated rings. The lowest BCUT2D eigenvalue weighted by molar-refractivity contribution is 0.0995. The van der Waals surface area contributed by atoms with E-state index in [0.717, 1.165) is 9.09 Å². The third-order valence-corrected chi connectivity index (χ3v) is 3.55. The maximum Gasteiger partial charge on any atom is 0.295 e. The predicted molar refractivity (Wildman–Crippen MR) is 85.8 cm³/mol. The monoisotopic (exact) mass is 392 g/mol. The molecule has 0 radical (unpaired) electrons. The Morgan fingerprint density at radius 1 is 1.24 bits per heavy atom. The highest BCUT2D eigenvalue weighted by Crippen LogP contribution is 2.36. The van der Waals surface area contributed by atoms with Gasteiger partial charge in [-0.15, -0.1) is 10.2 Å². The molecule has 0 atom stereocenters. The Morgan fingerprint density at radius 3 is 2.76 bits per heavy atom. The standard InChI is InChI=1S/C14H9IN4O2/c15-9-1-2-11-10(7-9)12(14(21)17-11)18-19-13(20)8-3-5-16-6-4-8/h1-7,17,21H. The lowest BCUT2D eigenvalue weighted by Crippen LogP contribution is -1.92. The van der Waals surface area contributed by atoms with Gasteiger partial charge < -0.3 is 10.1 Å². The molecule has 2 N–H and O–H groups in total. The largest absolute Gasteiger partial charge is 0.493 e. The van der Waals surface area contributed by atoms with Crippen molar-refractivity contribution in [1.82, 2.24) is 9.97 Å². The number of nitrogens with zero attached hydrogens (tertiary/aromatic N) is 3. The van der Waals surface area contributed by atoms with E-state index in [0.29, 0.717) is 10.9 Å². The molecule has 0 unspecified atom stereocenters. The van der Waals surface area contributed by atoms with Crippen LogP contribution in [0.3, 0.4) is 0 Å². The summed E-state index contributed by atoms with van der Waals surface area (Å²) in [4.78, 5) is 18.5. The van der Waals surface area contributed by atoms with Crippen LogP contribution < -0.4 is 0 Å². The molecule has 21 heavy (non-hydrogen) atoms. The van der Waals surface area contributed by atoms with Crippen LogP contribution in [0.2, 0.25) is 0 Å². The Bertz CT molecular complexity index is 843. The minimum atomic E-state index is -0.489. The van der Waals surface area contributed by atoms with Gasteiger partial charge >= 0.3 is 0 Å². The summed E-state index contributed by atoms with van der Waals surface area (Å²) in [6.45, 7) is 0. The summed E-state index contributed by atoms with van der Waals surface area (Å²) in [5.74, 6) is -0.602. The Kier molecular flexibility index (Phi) is 3.65. The summed E-state index contributed by atoms with van der Waals surface area (Å²) in [5.41, 5.74) is 1.38. The molecule has 2 heterocycles. The molecule has 7 heteroatoms. The number of carbonyl (C=O) groups is 1. The second-order valence-electron chi connectivity index (χ2n) is 4.25. The van der Waals surface area contributed by atoms with Crippen LogP contribution in [0.1, 0.15) is 10.4 Å². The molecule has 0 aliphatic carbocycles. The summed E-state index contributed by atoms with van der Waals surface area (Å²) in [7, 11) is 0. The fraction of sp³-hybridized carbons (Fsp3) is 0. The number of H-pyrrole nitrogens is 1. The number of rotatable bonds is 2. The van der Waals surface area contributed by atoms with Gasteiger partial charge in [0.2, 0.25) is 5.88 Å². The first-order chi connectivity index (χ1) is 10.1. The van der Waals surface area contributed by atoms with Crippen molar-refractivity contribution in [2.75, 3.05) is 0 Å². The van der Waals surface area contributed by atoms with E-state index in [9.17, 15) is 9.90 Å². The number of halogens is 1. The first kappa shape index (κ1) is 13.7. The molecule has 1 amide bonds. The third-order valence-electron chi connectivity index (χ3n) is 2.88. The van der Waals surface area contributed by atoms with Gasteiger partial charge in [0.15, 0.2) is 5.69 Å². The minimum absolute atomic E-state index is 0.113. The normalized spacial score (nSPS) is 11.3.